The van der Waals surface area contributed by atoms with Crippen molar-refractivity contribution >= 4 is 17.5 Å². The van der Waals surface area contributed by atoms with Crippen LogP contribution in [0.25, 0.3) is 0 Å². The number of anilines is 1. The van der Waals surface area contributed by atoms with Crippen molar-refractivity contribution in [1.82, 2.24) is 15.2 Å². The lowest BCUT2D eigenvalue weighted by molar-refractivity contribution is 0.0374. The summed E-state index contributed by atoms with van der Waals surface area (Å²) in [7, 11) is 0. The number of carbonyl (C=O) groups is 2. The molecule has 1 aromatic heterocycles. The standard InChI is InChI=1S/C20H23FN4O3/c21-16-4-5-17(18(13-16)24-19(26)15-3-1-6-22-14-15)20(27)23-7-2-8-25-9-11-28-12-10-25/h1,3-6,13-14H,2,7-12H2,(H,23,27)(H,24,26). The van der Waals surface area contributed by atoms with Crippen LogP contribution in [0.5, 0.6) is 0 Å². The smallest absolute Gasteiger partial charge is 0.257 e. The van der Waals surface area contributed by atoms with Crippen LogP contribution in [0.2, 0.25) is 0 Å². The van der Waals surface area contributed by atoms with E-state index in [4.69, 9.17) is 4.74 Å². The third-order valence-electron chi connectivity index (χ3n) is 4.44. The molecule has 148 valence electrons. The van der Waals surface area contributed by atoms with E-state index in [1.807, 2.05) is 0 Å². The van der Waals surface area contributed by atoms with E-state index in [1.54, 1.807) is 18.3 Å². The molecule has 3 rings (SSSR count). The Morgan fingerprint density at radius 1 is 1.18 bits per heavy atom. The van der Waals surface area contributed by atoms with Crippen LogP contribution < -0.4 is 10.6 Å². The van der Waals surface area contributed by atoms with Gasteiger partial charge in [-0.15, -0.1) is 0 Å². The molecule has 0 unspecified atom stereocenters. The third kappa shape index (κ3) is 5.58. The first kappa shape index (κ1) is 19.9. The summed E-state index contributed by atoms with van der Waals surface area (Å²) in [6.45, 7) is 4.64. The normalized spacial score (nSPS) is 14.5. The molecule has 2 amide bonds. The molecular formula is C20H23FN4O3. The predicted octanol–water partition coefficient (Wildman–Crippen LogP) is 1.93. The summed E-state index contributed by atoms with van der Waals surface area (Å²) in [4.78, 5) is 31.0. The van der Waals surface area contributed by atoms with Crippen molar-refractivity contribution in [2.24, 2.45) is 0 Å². The van der Waals surface area contributed by atoms with Crippen LogP contribution in [0.15, 0.2) is 42.7 Å². The van der Waals surface area contributed by atoms with Crippen LogP contribution in [0, 0.1) is 5.82 Å². The number of nitrogens with zero attached hydrogens (tertiary/aromatic N) is 2. The highest BCUT2D eigenvalue weighted by Crippen LogP contribution is 2.18. The SMILES string of the molecule is O=C(Nc1cc(F)ccc1C(=O)NCCCN1CCOCC1)c1cccnc1. The second kappa shape index (κ2) is 9.91. The summed E-state index contributed by atoms with van der Waals surface area (Å²) in [5, 5.41) is 5.42. The van der Waals surface area contributed by atoms with Gasteiger partial charge in [-0.1, -0.05) is 0 Å². The summed E-state index contributed by atoms with van der Waals surface area (Å²) in [6.07, 6.45) is 3.75. The second-order valence-corrected chi connectivity index (χ2v) is 6.45. The van der Waals surface area contributed by atoms with Crippen molar-refractivity contribution in [3.63, 3.8) is 0 Å². The maximum atomic E-state index is 13.7. The number of aromatic nitrogens is 1. The monoisotopic (exact) mass is 386 g/mol. The fourth-order valence-corrected chi connectivity index (χ4v) is 2.93. The first-order valence-corrected chi connectivity index (χ1v) is 9.23. The number of nitrogens with one attached hydrogen (secondary N) is 2. The lowest BCUT2D eigenvalue weighted by Crippen LogP contribution is -2.38. The van der Waals surface area contributed by atoms with Gasteiger partial charge in [0.1, 0.15) is 5.82 Å². The van der Waals surface area contributed by atoms with E-state index in [0.29, 0.717) is 12.1 Å². The zero-order chi connectivity index (χ0) is 19.8. The van der Waals surface area contributed by atoms with Crippen molar-refractivity contribution < 1.29 is 18.7 Å². The molecule has 28 heavy (non-hydrogen) atoms. The Labute approximate surface area is 162 Å². The summed E-state index contributed by atoms with van der Waals surface area (Å²) >= 11 is 0. The Bertz CT molecular complexity index is 810. The first-order valence-electron chi connectivity index (χ1n) is 9.23. The molecule has 0 aliphatic carbocycles. The number of hydrogen-bond donors (Lipinski definition) is 2. The van der Waals surface area contributed by atoms with Crippen molar-refractivity contribution in [2.45, 2.75) is 6.42 Å². The number of ether oxygens (including phenoxy) is 1. The fraction of sp³-hybridized carbons (Fsp3) is 0.350. The van der Waals surface area contributed by atoms with Crippen LogP contribution in [-0.4, -0.2) is 61.1 Å². The van der Waals surface area contributed by atoms with E-state index in [-0.39, 0.29) is 17.2 Å². The number of carbonyl (C=O) groups excluding carboxylic acids is 2. The maximum Gasteiger partial charge on any atom is 0.257 e. The maximum absolute atomic E-state index is 13.7. The molecule has 0 radical (unpaired) electrons. The average molecular weight is 386 g/mol. The highest BCUT2D eigenvalue weighted by Gasteiger charge is 2.16. The molecule has 2 N–H and O–H groups in total. The molecule has 0 atom stereocenters. The van der Waals surface area contributed by atoms with Gasteiger partial charge in [0.05, 0.1) is 30.0 Å². The van der Waals surface area contributed by atoms with Gasteiger partial charge in [0.15, 0.2) is 0 Å². The van der Waals surface area contributed by atoms with Crippen LogP contribution in [0.3, 0.4) is 0 Å². The number of amides is 2. The lowest BCUT2D eigenvalue weighted by atomic mass is 10.1. The van der Waals surface area contributed by atoms with E-state index in [9.17, 15) is 14.0 Å². The van der Waals surface area contributed by atoms with Crippen molar-refractivity contribution in [3.05, 3.63) is 59.7 Å². The fourth-order valence-electron chi connectivity index (χ4n) is 2.93. The van der Waals surface area contributed by atoms with Gasteiger partial charge in [0.25, 0.3) is 11.8 Å². The zero-order valence-electron chi connectivity index (χ0n) is 15.5. The molecule has 0 spiro atoms. The summed E-state index contributed by atoms with van der Waals surface area (Å²) < 4.78 is 19.0. The molecule has 1 aliphatic heterocycles. The van der Waals surface area contributed by atoms with Gasteiger partial charge < -0.3 is 15.4 Å². The molecule has 1 aliphatic rings. The molecule has 2 aromatic rings. The largest absolute Gasteiger partial charge is 0.379 e. The lowest BCUT2D eigenvalue weighted by Gasteiger charge is -2.26. The minimum Gasteiger partial charge on any atom is -0.379 e. The highest BCUT2D eigenvalue weighted by atomic mass is 19.1. The van der Waals surface area contributed by atoms with Crippen LogP contribution in [-0.2, 0) is 4.74 Å². The zero-order valence-corrected chi connectivity index (χ0v) is 15.5. The topological polar surface area (TPSA) is 83.6 Å². The van der Waals surface area contributed by atoms with Crippen molar-refractivity contribution in [2.75, 3.05) is 44.7 Å². The van der Waals surface area contributed by atoms with E-state index in [2.05, 4.69) is 20.5 Å². The molecule has 1 aromatic carbocycles. The molecule has 0 bridgehead atoms. The molecule has 7 nitrogen and oxygen atoms in total. The van der Waals surface area contributed by atoms with Crippen LogP contribution >= 0.6 is 0 Å². The number of benzene rings is 1. The summed E-state index contributed by atoms with van der Waals surface area (Å²) in [5.41, 5.74) is 0.660. The van der Waals surface area contributed by atoms with Gasteiger partial charge in [-0.3, -0.25) is 19.5 Å². The number of hydrogen-bond acceptors (Lipinski definition) is 5. The quantitative estimate of drug-likeness (QED) is 0.711. The Kier molecular flexibility index (Phi) is 7.05. The van der Waals surface area contributed by atoms with Gasteiger partial charge in [-0.25, -0.2) is 4.39 Å². The molecule has 1 saturated heterocycles. The third-order valence-corrected chi connectivity index (χ3v) is 4.44. The van der Waals surface area contributed by atoms with E-state index < -0.39 is 11.7 Å². The Hall–Kier alpha value is -2.84. The van der Waals surface area contributed by atoms with E-state index in [0.717, 1.165) is 45.3 Å². The molecule has 1 fully saturated rings. The molecule has 2 heterocycles. The summed E-state index contributed by atoms with van der Waals surface area (Å²) in [5.74, 6) is -1.35. The van der Waals surface area contributed by atoms with Gasteiger partial charge in [-0.2, -0.15) is 0 Å². The molecule has 0 saturated carbocycles. The van der Waals surface area contributed by atoms with Crippen molar-refractivity contribution in [1.29, 1.82) is 0 Å². The van der Waals surface area contributed by atoms with Crippen LogP contribution in [0.4, 0.5) is 10.1 Å². The Morgan fingerprint density at radius 2 is 2.00 bits per heavy atom. The number of halogens is 1. The number of rotatable bonds is 7. The van der Waals surface area contributed by atoms with Gasteiger partial charge in [0, 0.05) is 32.0 Å². The summed E-state index contributed by atoms with van der Waals surface area (Å²) in [6, 6.07) is 6.92. The van der Waals surface area contributed by atoms with Gasteiger partial charge in [-0.05, 0) is 43.3 Å². The molecular weight excluding hydrogens is 363 g/mol. The van der Waals surface area contributed by atoms with Crippen molar-refractivity contribution in [3.8, 4) is 0 Å². The first-order chi connectivity index (χ1) is 13.6. The van der Waals surface area contributed by atoms with E-state index in [1.165, 1.54) is 18.3 Å². The Balaban J connectivity index is 1.58. The van der Waals surface area contributed by atoms with Crippen LogP contribution in [0.1, 0.15) is 27.1 Å². The predicted molar refractivity (Wildman–Crippen MR) is 103 cm³/mol. The average Bonchev–Trinajstić information content (AvgIpc) is 2.72. The minimum absolute atomic E-state index is 0.125. The minimum atomic E-state index is -0.537. The number of pyridine rings is 1. The Morgan fingerprint density at radius 3 is 2.75 bits per heavy atom. The second-order valence-electron chi connectivity index (χ2n) is 6.45. The molecule has 8 heteroatoms. The highest BCUT2D eigenvalue weighted by molar-refractivity contribution is 6.08. The van der Waals surface area contributed by atoms with Gasteiger partial charge >= 0.3 is 0 Å². The van der Waals surface area contributed by atoms with Gasteiger partial charge in [0.2, 0.25) is 0 Å². The van der Waals surface area contributed by atoms with E-state index >= 15 is 0 Å². The number of morpholine rings is 1.